The fourth-order valence-corrected chi connectivity index (χ4v) is 3.90. The zero-order valence-electron chi connectivity index (χ0n) is 18.2. The first-order valence-corrected chi connectivity index (χ1v) is 10.4. The molecular formula is C26H11BF10. The van der Waals surface area contributed by atoms with Gasteiger partial charge in [-0.05, 0) is 11.1 Å². The van der Waals surface area contributed by atoms with E-state index in [2.05, 4.69) is 0 Å². The maximum absolute atomic E-state index is 15.0. The van der Waals surface area contributed by atoms with Crippen molar-refractivity contribution < 1.29 is 43.9 Å². The Morgan fingerprint density at radius 2 is 0.757 bits per heavy atom. The van der Waals surface area contributed by atoms with E-state index in [0.717, 1.165) is 6.08 Å². The molecule has 0 radical (unpaired) electrons. The molecule has 0 amide bonds. The van der Waals surface area contributed by atoms with Crippen LogP contribution >= 0.6 is 0 Å². The van der Waals surface area contributed by atoms with Crippen molar-refractivity contribution in [2.45, 2.75) is 0 Å². The van der Waals surface area contributed by atoms with Crippen molar-refractivity contribution >= 4 is 29.2 Å². The lowest BCUT2D eigenvalue weighted by molar-refractivity contribution is 0.382. The third-order valence-electron chi connectivity index (χ3n) is 5.60. The van der Waals surface area contributed by atoms with E-state index in [1.807, 2.05) is 0 Å². The fraction of sp³-hybridized carbons (Fsp3) is 0. The molecule has 0 aromatic heterocycles. The normalized spacial score (nSPS) is 11.7. The number of benzene rings is 4. The Morgan fingerprint density at radius 3 is 1.14 bits per heavy atom. The summed E-state index contributed by atoms with van der Waals surface area (Å²) in [4.78, 5) is 0. The molecule has 0 unspecified atom stereocenters. The van der Waals surface area contributed by atoms with Gasteiger partial charge in [0, 0.05) is 10.9 Å². The average Bonchev–Trinajstić information content (AvgIpc) is 2.92. The lowest BCUT2D eigenvalue weighted by Crippen LogP contribution is -2.51. The predicted octanol–water partition coefficient (Wildman–Crippen LogP) is 6.47. The van der Waals surface area contributed by atoms with Crippen LogP contribution in [0.5, 0.6) is 0 Å². The average molecular weight is 524 g/mol. The topological polar surface area (TPSA) is 0 Å². The van der Waals surface area contributed by atoms with Crippen molar-refractivity contribution in [2.24, 2.45) is 0 Å². The van der Waals surface area contributed by atoms with E-state index in [4.69, 9.17) is 0 Å². The Hall–Kier alpha value is -4.02. The van der Waals surface area contributed by atoms with Crippen molar-refractivity contribution in [3.63, 3.8) is 0 Å². The number of halogens is 10. The Labute approximate surface area is 203 Å². The second-order valence-electron chi connectivity index (χ2n) is 7.78. The van der Waals surface area contributed by atoms with Crippen molar-refractivity contribution in [3.8, 4) is 0 Å². The van der Waals surface area contributed by atoms with E-state index in [1.165, 1.54) is 54.6 Å². The van der Waals surface area contributed by atoms with Gasteiger partial charge in [-0.2, -0.15) is 0 Å². The summed E-state index contributed by atoms with van der Waals surface area (Å²) in [6.45, 7) is -2.67. The molecule has 0 fully saturated rings. The van der Waals surface area contributed by atoms with Gasteiger partial charge in [-0.3, -0.25) is 0 Å². The largest absolute Gasteiger partial charge is 0.257 e. The van der Waals surface area contributed by atoms with Crippen LogP contribution in [-0.4, -0.2) is 6.71 Å². The molecule has 0 aliphatic carbocycles. The molecule has 0 aliphatic heterocycles. The van der Waals surface area contributed by atoms with Gasteiger partial charge in [0.1, 0.15) is 0 Å². The highest BCUT2D eigenvalue weighted by atomic mass is 19.2. The number of rotatable bonds is 5. The van der Waals surface area contributed by atoms with Crippen molar-refractivity contribution in [1.29, 1.82) is 0 Å². The smallest absolute Gasteiger partial charge is 0.204 e. The first kappa shape index (κ1) is 26.1. The van der Waals surface area contributed by atoms with Crippen molar-refractivity contribution in [1.82, 2.24) is 0 Å². The molecule has 0 atom stereocenters. The Bertz CT molecular complexity index is 1390. The summed E-state index contributed by atoms with van der Waals surface area (Å²) in [5, 5.41) is 0. The van der Waals surface area contributed by atoms with E-state index < -0.39 is 81.3 Å². The zero-order chi connectivity index (χ0) is 27.0. The highest BCUT2D eigenvalue weighted by Crippen LogP contribution is 2.28. The Balaban J connectivity index is 2.22. The minimum atomic E-state index is -2.67. The molecule has 0 saturated heterocycles. The zero-order valence-corrected chi connectivity index (χ0v) is 18.2. The highest BCUT2D eigenvalue weighted by Gasteiger charge is 2.42. The standard InChI is InChI=1S/C26H11BF10/c28-17-15(18(29)22(33)25(36)21(17)32)27(16-19(30)23(34)26(37)24(35)20(16)31)14(13-9-5-2-6-10-13)11-12-7-3-1-4-8-12/h1-11H/b14-11+. The third-order valence-corrected chi connectivity index (χ3v) is 5.60. The second-order valence-corrected chi connectivity index (χ2v) is 7.78. The molecule has 0 aliphatic rings. The molecule has 0 nitrogen and oxygen atoms in total. The van der Waals surface area contributed by atoms with E-state index in [1.54, 1.807) is 6.07 Å². The van der Waals surface area contributed by atoms with Gasteiger partial charge in [0.05, 0.1) is 0 Å². The molecule has 37 heavy (non-hydrogen) atoms. The molecule has 11 heteroatoms. The first-order chi connectivity index (χ1) is 17.6. The quantitative estimate of drug-likeness (QED) is 0.0924. The second kappa shape index (κ2) is 10.2. The summed E-state index contributed by atoms with van der Waals surface area (Å²) in [7, 11) is 0. The van der Waals surface area contributed by atoms with Gasteiger partial charge in [-0.1, -0.05) is 72.2 Å². The van der Waals surface area contributed by atoms with E-state index in [9.17, 15) is 26.3 Å². The van der Waals surface area contributed by atoms with Crippen LogP contribution in [0.25, 0.3) is 11.5 Å². The van der Waals surface area contributed by atoms with Crippen molar-refractivity contribution in [2.75, 3.05) is 0 Å². The first-order valence-electron chi connectivity index (χ1n) is 10.4. The summed E-state index contributed by atoms with van der Waals surface area (Å²) >= 11 is 0. The summed E-state index contributed by atoms with van der Waals surface area (Å²) < 4.78 is 145. The summed E-state index contributed by atoms with van der Waals surface area (Å²) in [6.07, 6.45) is 1.08. The van der Waals surface area contributed by atoms with Gasteiger partial charge >= 0.3 is 0 Å². The van der Waals surface area contributed by atoms with Gasteiger partial charge in [-0.15, -0.1) is 0 Å². The van der Waals surface area contributed by atoms with Crippen LogP contribution < -0.4 is 10.9 Å². The van der Waals surface area contributed by atoms with Crippen molar-refractivity contribution in [3.05, 3.63) is 130 Å². The molecular weight excluding hydrogens is 513 g/mol. The van der Waals surface area contributed by atoms with Gasteiger partial charge in [0.25, 0.3) is 6.71 Å². The molecule has 4 rings (SSSR count). The summed E-state index contributed by atoms with van der Waals surface area (Å²) in [5.41, 5.74) is -3.96. The highest BCUT2D eigenvalue weighted by molar-refractivity contribution is 7.00. The molecule has 188 valence electrons. The SMILES string of the molecule is Fc1c(F)c(F)c(B(/C(=C/c2ccccc2)c2ccccc2)c2c(F)c(F)c(F)c(F)c2F)c(F)c1F. The lowest BCUT2D eigenvalue weighted by atomic mass is 9.34. The maximum Gasteiger partial charge on any atom is 0.257 e. The fourth-order valence-electron chi connectivity index (χ4n) is 3.90. The molecule has 0 N–H and O–H groups in total. The molecule has 0 heterocycles. The molecule has 4 aromatic carbocycles. The summed E-state index contributed by atoms with van der Waals surface area (Å²) in [6, 6.07) is 14.2. The van der Waals surface area contributed by atoms with Gasteiger partial charge in [0.15, 0.2) is 58.2 Å². The Morgan fingerprint density at radius 1 is 0.432 bits per heavy atom. The van der Waals surface area contributed by atoms with Crippen LogP contribution in [0.4, 0.5) is 43.9 Å². The van der Waals surface area contributed by atoms with Crippen LogP contribution in [0.3, 0.4) is 0 Å². The van der Waals surface area contributed by atoms with Crippen LogP contribution in [0.2, 0.25) is 0 Å². The van der Waals surface area contributed by atoms with E-state index in [0.29, 0.717) is 0 Å². The van der Waals surface area contributed by atoms with E-state index in [-0.39, 0.29) is 11.1 Å². The van der Waals surface area contributed by atoms with Crippen LogP contribution in [0.1, 0.15) is 11.1 Å². The molecule has 4 aromatic rings. The minimum absolute atomic E-state index is 0.0655. The van der Waals surface area contributed by atoms with Crippen LogP contribution in [0.15, 0.2) is 60.7 Å². The molecule has 0 saturated carbocycles. The minimum Gasteiger partial charge on any atom is -0.204 e. The van der Waals surface area contributed by atoms with Crippen LogP contribution in [0, 0.1) is 58.2 Å². The monoisotopic (exact) mass is 524 g/mol. The van der Waals surface area contributed by atoms with Gasteiger partial charge < -0.3 is 0 Å². The third kappa shape index (κ3) is 4.50. The molecule has 0 spiro atoms. The lowest BCUT2D eigenvalue weighted by Gasteiger charge is -2.23. The number of hydrogen-bond donors (Lipinski definition) is 0. The number of hydrogen-bond acceptors (Lipinski definition) is 0. The van der Waals surface area contributed by atoms with Crippen LogP contribution in [-0.2, 0) is 0 Å². The predicted molar refractivity (Wildman–Crippen MR) is 118 cm³/mol. The van der Waals surface area contributed by atoms with E-state index >= 15 is 17.6 Å². The van der Waals surface area contributed by atoms with Gasteiger partial charge in [-0.25, -0.2) is 43.9 Å². The summed E-state index contributed by atoms with van der Waals surface area (Å²) in [5.74, 6) is -25.0. The maximum atomic E-state index is 15.0. The Kier molecular flexibility index (Phi) is 7.15. The molecule has 0 bridgehead atoms. The van der Waals surface area contributed by atoms with Gasteiger partial charge in [0.2, 0.25) is 0 Å².